The van der Waals surface area contributed by atoms with Gasteiger partial charge in [0.05, 0.1) is 4.47 Å². The molecule has 4 heteroatoms. The summed E-state index contributed by atoms with van der Waals surface area (Å²) in [5.41, 5.74) is 2.07. The van der Waals surface area contributed by atoms with Crippen molar-refractivity contribution in [1.82, 2.24) is 5.32 Å². The van der Waals surface area contributed by atoms with Crippen LogP contribution in [0.4, 0.5) is 4.39 Å². The van der Waals surface area contributed by atoms with Gasteiger partial charge in [-0.25, -0.2) is 4.39 Å². The highest BCUT2D eigenvalue weighted by Gasteiger charge is 2.07. The zero-order chi connectivity index (χ0) is 14.5. The van der Waals surface area contributed by atoms with Gasteiger partial charge in [0.15, 0.2) is 0 Å². The highest BCUT2D eigenvalue weighted by Crippen LogP contribution is 2.32. The van der Waals surface area contributed by atoms with Crippen LogP contribution in [0.1, 0.15) is 18.1 Å². The Labute approximate surface area is 127 Å². The first-order chi connectivity index (χ1) is 9.60. The first-order valence-corrected chi connectivity index (χ1v) is 7.32. The molecule has 106 valence electrons. The molecule has 0 fully saturated rings. The van der Waals surface area contributed by atoms with Crippen LogP contribution < -0.4 is 10.1 Å². The van der Waals surface area contributed by atoms with Crippen LogP contribution in [0, 0.1) is 12.7 Å². The van der Waals surface area contributed by atoms with E-state index in [1.807, 2.05) is 25.1 Å². The predicted octanol–water partition coefficient (Wildman–Crippen LogP) is 4.80. The molecule has 2 aromatic rings. The molecule has 0 bridgehead atoms. The maximum atomic E-state index is 13.3. The molecule has 0 unspecified atom stereocenters. The first-order valence-electron chi connectivity index (χ1n) is 6.53. The van der Waals surface area contributed by atoms with Crippen LogP contribution >= 0.6 is 15.9 Å². The second-order valence-corrected chi connectivity index (χ2v) is 5.41. The van der Waals surface area contributed by atoms with Gasteiger partial charge in [-0.3, -0.25) is 0 Å². The Morgan fingerprint density at radius 3 is 2.65 bits per heavy atom. The first kappa shape index (κ1) is 15.0. The second kappa shape index (κ2) is 6.86. The molecule has 2 aromatic carbocycles. The van der Waals surface area contributed by atoms with Crippen molar-refractivity contribution in [2.45, 2.75) is 20.4 Å². The Balaban J connectivity index is 2.19. The molecule has 0 spiro atoms. The summed E-state index contributed by atoms with van der Waals surface area (Å²) in [5, 5.41) is 3.27. The molecule has 0 radical (unpaired) electrons. The van der Waals surface area contributed by atoms with Crippen molar-refractivity contribution in [3.05, 3.63) is 57.8 Å². The predicted molar refractivity (Wildman–Crippen MR) is 82.7 cm³/mol. The van der Waals surface area contributed by atoms with E-state index < -0.39 is 0 Å². The number of halogens is 2. The Kier molecular flexibility index (Phi) is 5.15. The number of rotatable bonds is 5. The largest absolute Gasteiger partial charge is 0.456 e. The van der Waals surface area contributed by atoms with Gasteiger partial charge in [-0.15, -0.1) is 0 Å². The van der Waals surface area contributed by atoms with Gasteiger partial charge < -0.3 is 10.1 Å². The summed E-state index contributed by atoms with van der Waals surface area (Å²) >= 11 is 3.49. The molecule has 0 aliphatic carbocycles. The third kappa shape index (κ3) is 3.81. The molecule has 2 rings (SSSR count). The van der Waals surface area contributed by atoms with Gasteiger partial charge in [-0.2, -0.15) is 0 Å². The van der Waals surface area contributed by atoms with Gasteiger partial charge in [0.2, 0.25) is 0 Å². The third-order valence-corrected chi connectivity index (χ3v) is 3.57. The van der Waals surface area contributed by atoms with Crippen molar-refractivity contribution in [2.75, 3.05) is 6.54 Å². The quantitative estimate of drug-likeness (QED) is 0.846. The summed E-state index contributed by atoms with van der Waals surface area (Å²) in [6.45, 7) is 5.70. The lowest BCUT2D eigenvalue weighted by atomic mass is 10.2. The van der Waals surface area contributed by atoms with E-state index in [0.717, 1.165) is 23.1 Å². The maximum Gasteiger partial charge on any atom is 0.141 e. The number of aryl methyl sites for hydroxylation is 1. The van der Waals surface area contributed by atoms with Crippen molar-refractivity contribution in [1.29, 1.82) is 0 Å². The van der Waals surface area contributed by atoms with Gasteiger partial charge in [0.25, 0.3) is 0 Å². The Hall–Kier alpha value is -1.39. The minimum Gasteiger partial charge on any atom is -0.456 e. The molecule has 0 saturated carbocycles. The maximum absolute atomic E-state index is 13.3. The molecule has 0 atom stereocenters. The van der Waals surface area contributed by atoms with E-state index in [9.17, 15) is 4.39 Å². The summed E-state index contributed by atoms with van der Waals surface area (Å²) in [4.78, 5) is 0. The standard InChI is InChI=1S/C16H17BrFNO/c1-3-19-10-12-5-7-15(14(17)8-12)20-16-9-13(18)6-4-11(16)2/h4-9,19H,3,10H2,1-2H3. The molecular formula is C16H17BrFNO. The number of nitrogens with one attached hydrogen (secondary N) is 1. The molecule has 0 saturated heterocycles. The highest BCUT2D eigenvalue weighted by molar-refractivity contribution is 9.10. The Bertz CT molecular complexity index is 601. The summed E-state index contributed by atoms with van der Waals surface area (Å²) in [5.74, 6) is 0.912. The average molecular weight is 338 g/mol. The van der Waals surface area contributed by atoms with Crippen molar-refractivity contribution in [3.63, 3.8) is 0 Å². The smallest absolute Gasteiger partial charge is 0.141 e. The van der Waals surface area contributed by atoms with E-state index >= 15 is 0 Å². The van der Waals surface area contributed by atoms with Crippen LogP contribution in [0.25, 0.3) is 0 Å². The summed E-state index contributed by atoms with van der Waals surface area (Å²) < 4.78 is 19.9. The summed E-state index contributed by atoms with van der Waals surface area (Å²) in [6, 6.07) is 10.4. The molecular weight excluding hydrogens is 321 g/mol. The fraction of sp³-hybridized carbons (Fsp3) is 0.250. The van der Waals surface area contributed by atoms with Crippen molar-refractivity contribution in [2.24, 2.45) is 0 Å². The molecule has 2 nitrogen and oxygen atoms in total. The van der Waals surface area contributed by atoms with Gasteiger partial charge >= 0.3 is 0 Å². The van der Waals surface area contributed by atoms with Gasteiger partial charge in [-0.05, 0) is 58.7 Å². The SMILES string of the molecule is CCNCc1ccc(Oc2cc(F)ccc2C)c(Br)c1. The fourth-order valence-electron chi connectivity index (χ4n) is 1.81. The monoisotopic (exact) mass is 337 g/mol. The van der Waals surface area contributed by atoms with E-state index in [0.29, 0.717) is 11.5 Å². The van der Waals surface area contributed by atoms with E-state index in [2.05, 4.69) is 28.2 Å². The number of hydrogen-bond acceptors (Lipinski definition) is 2. The summed E-state index contributed by atoms with van der Waals surface area (Å²) in [7, 11) is 0. The lowest BCUT2D eigenvalue weighted by Crippen LogP contribution is -2.11. The Morgan fingerprint density at radius 1 is 1.15 bits per heavy atom. The van der Waals surface area contributed by atoms with E-state index in [1.54, 1.807) is 6.07 Å². The van der Waals surface area contributed by atoms with Crippen molar-refractivity contribution < 1.29 is 9.13 Å². The zero-order valence-electron chi connectivity index (χ0n) is 11.5. The third-order valence-electron chi connectivity index (χ3n) is 2.95. The zero-order valence-corrected chi connectivity index (χ0v) is 13.1. The minimum atomic E-state index is -0.300. The van der Waals surface area contributed by atoms with Crippen LogP contribution in [0.15, 0.2) is 40.9 Å². The van der Waals surface area contributed by atoms with Crippen LogP contribution in [0.5, 0.6) is 11.5 Å². The van der Waals surface area contributed by atoms with Gasteiger partial charge in [0, 0.05) is 12.6 Å². The minimum absolute atomic E-state index is 0.300. The molecule has 0 aliphatic rings. The molecule has 0 aromatic heterocycles. The van der Waals surface area contributed by atoms with Crippen LogP contribution in [-0.2, 0) is 6.54 Å². The normalized spacial score (nSPS) is 10.6. The molecule has 0 aliphatic heterocycles. The second-order valence-electron chi connectivity index (χ2n) is 4.56. The Morgan fingerprint density at radius 2 is 1.95 bits per heavy atom. The van der Waals surface area contributed by atoms with Crippen LogP contribution in [0.2, 0.25) is 0 Å². The van der Waals surface area contributed by atoms with Gasteiger partial charge in [-0.1, -0.05) is 19.1 Å². The molecule has 0 heterocycles. The lowest BCUT2D eigenvalue weighted by Gasteiger charge is -2.11. The summed E-state index contributed by atoms with van der Waals surface area (Å²) in [6.07, 6.45) is 0. The van der Waals surface area contributed by atoms with E-state index in [1.165, 1.54) is 17.7 Å². The number of ether oxygens (including phenoxy) is 1. The van der Waals surface area contributed by atoms with Crippen LogP contribution in [0.3, 0.4) is 0 Å². The average Bonchev–Trinajstić information content (AvgIpc) is 2.43. The topological polar surface area (TPSA) is 21.3 Å². The molecule has 1 N–H and O–H groups in total. The number of benzene rings is 2. The van der Waals surface area contributed by atoms with Crippen molar-refractivity contribution >= 4 is 15.9 Å². The van der Waals surface area contributed by atoms with Gasteiger partial charge in [0.1, 0.15) is 17.3 Å². The molecule has 20 heavy (non-hydrogen) atoms. The molecule has 0 amide bonds. The van der Waals surface area contributed by atoms with E-state index in [-0.39, 0.29) is 5.82 Å². The van der Waals surface area contributed by atoms with Crippen molar-refractivity contribution in [3.8, 4) is 11.5 Å². The fourth-order valence-corrected chi connectivity index (χ4v) is 2.32. The number of hydrogen-bond donors (Lipinski definition) is 1. The lowest BCUT2D eigenvalue weighted by molar-refractivity contribution is 0.470. The van der Waals surface area contributed by atoms with E-state index in [4.69, 9.17) is 4.74 Å². The highest BCUT2D eigenvalue weighted by atomic mass is 79.9. The van der Waals surface area contributed by atoms with Crippen LogP contribution in [-0.4, -0.2) is 6.54 Å².